The molecule has 2 aliphatic rings. The third kappa shape index (κ3) is 1.40. The quantitative estimate of drug-likeness (QED) is 0.713. The first-order valence-corrected chi connectivity index (χ1v) is 8.16. The number of benzene rings is 2. The third-order valence-corrected chi connectivity index (χ3v) is 6.20. The molecular formula is C20H24N+. The van der Waals surface area contributed by atoms with Gasteiger partial charge in [-0.2, -0.15) is 0 Å². The Labute approximate surface area is 127 Å². The van der Waals surface area contributed by atoms with Crippen LogP contribution in [-0.2, 0) is 12.0 Å². The molecule has 0 amide bonds. The van der Waals surface area contributed by atoms with Crippen LogP contribution in [0.25, 0.3) is 0 Å². The van der Waals surface area contributed by atoms with Crippen molar-refractivity contribution in [3.8, 4) is 0 Å². The minimum atomic E-state index is 0.103. The van der Waals surface area contributed by atoms with E-state index in [-0.39, 0.29) is 5.54 Å². The predicted molar refractivity (Wildman–Crippen MR) is 87.1 cm³/mol. The van der Waals surface area contributed by atoms with Gasteiger partial charge in [0.2, 0.25) is 0 Å². The number of likely N-dealkylation sites (N-methyl/N-ethyl adjacent to an activating group) is 1. The van der Waals surface area contributed by atoms with E-state index in [4.69, 9.17) is 0 Å². The number of hydrogen-bond donors (Lipinski definition) is 0. The van der Waals surface area contributed by atoms with Crippen LogP contribution in [0.2, 0.25) is 0 Å². The zero-order chi connectivity index (χ0) is 14.7. The zero-order valence-electron chi connectivity index (χ0n) is 13.3. The van der Waals surface area contributed by atoms with Crippen molar-refractivity contribution >= 4 is 0 Å². The molecule has 2 aromatic rings. The fourth-order valence-electron chi connectivity index (χ4n) is 5.08. The van der Waals surface area contributed by atoms with Crippen molar-refractivity contribution in [1.29, 1.82) is 0 Å². The molecule has 0 aliphatic carbocycles. The van der Waals surface area contributed by atoms with E-state index < -0.39 is 0 Å². The summed E-state index contributed by atoms with van der Waals surface area (Å²) in [7, 11) is 2.48. The molecule has 0 N–H and O–H groups in total. The molecule has 3 atom stereocenters. The summed E-state index contributed by atoms with van der Waals surface area (Å²) in [4.78, 5) is 0. The lowest BCUT2D eigenvalue weighted by atomic mass is 9.78. The lowest BCUT2D eigenvalue weighted by Crippen LogP contribution is -2.59. The van der Waals surface area contributed by atoms with Crippen molar-refractivity contribution in [1.82, 2.24) is 0 Å². The van der Waals surface area contributed by atoms with E-state index in [0.717, 1.165) is 4.48 Å². The lowest BCUT2D eigenvalue weighted by molar-refractivity contribution is -0.981. The van der Waals surface area contributed by atoms with Gasteiger partial charge in [0.25, 0.3) is 0 Å². The smallest absolute Gasteiger partial charge is 0.149 e. The first-order chi connectivity index (χ1) is 10.1. The van der Waals surface area contributed by atoms with Crippen molar-refractivity contribution in [2.24, 2.45) is 0 Å². The highest BCUT2D eigenvalue weighted by Crippen LogP contribution is 2.59. The summed E-state index contributed by atoms with van der Waals surface area (Å²) in [6.07, 6.45) is 2.41. The maximum absolute atomic E-state index is 2.48. The molecule has 1 heteroatoms. The van der Waals surface area contributed by atoms with Crippen LogP contribution < -0.4 is 0 Å². The Balaban J connectivity index is 2.06. The van der Waals surface area contributed by atoms with Crippen LogP contribution in [0.1, 0.15) is 48.6 Å². The van der Waals surface area contributed by atoms with E-state index >= 15 is 0 Å². The third-order valence-electron chi connectivity index (χ3n) is 6.20. The van der Waals surface area contributed by atoms with Crippen LogP contribution in [-0.4, -0.2) is 18.1 Å². The Bertz CT molecular complexity index is 691. The van der Waals surface area contributed by atoms with Crippen LogP contribution in [0.5, 0.6) is 0 Å². The molecule has 2 bridgehead atoms. The number of fused-ring (bicyclic) bond motifs is 7. The minimum Gasteiger partial charge on any atom is -0.307 e. The molecule has 0 saturated carbocycles. The van der Waals surface area contributed by atoms with E-state index in [9.17, 15) is 0 Å². The van der Waals surface area contributed by atoms with Crippen LogP contribution in [0.3, 0.4) is 0 Å². The van der Waals surface area contributed by atoms with E-state index in [0.29, 0.717) is 6.04 Å². The fourth-order valence-corrected chi connectivity index (χ4v) is 5.08. The highest BCUT2D eigenvalue weighted by Gasteiger charge is 2.61. The van der Waals surface area contributed by atoms with Gasteiger partial charge in [0.1, 0.15) is 11.6 Å². The predicted octanol–water partition coefficient (Wildman–Crippen LogP) is 4.42. The van der Waals surface area contributed by atoms with Crippen molar-refractivity contribution in [2.75, 3.05) is 13.6 Å². The maximum Gasteiger partial charge on any atom is 0.149 e. The van der Waals surface area contributed by atoms with Crippen LogP contribution >= 0.6 is 0 Å². The maximum atomic E-state index is 2.48. The molecule has 0 fully saturated rings. The number of hydrogen-bond acceptors (Lipinski definition) is 0. The molecule has 0 radical (unpaired) electrons. The van der Waals surface area contributed by atoms with Crippen LogP contribution in [0, 0.1) is 0 Å². The molecule has 0 saturated heterocycles. The molecule has 0 spiro atoms. The average Bonchev–Trinajstić information content (AvgIpc) is 2.62. The first-order valence-electron chi connectivity index (χ1n) is 8.16. The molecular weight excluding hydrogens is 254 g/mol. The van der Waals surface area contributed by atoms with Gasteiger partial charge in [-0.15, -0.1) is 0 Å². The number of nitrogens with zero attached hydrogens (tertiary/aromatic N) is 1. The van der Waals surface area contributed by atoms with Crippen molar-refractivity contribution < 1.29 is 4.48 Å². The lowest BCUT2D eigenvalue weighted by Gasteiger charge is -2.52. The molecule has 2 heterocycles. The van der Waals surface area contributed by atoms with Gasteiger partial charge < -0.3 is 4.48 Å². The number of rotatable bonds is 2. The highest BCUT2D eigenvalue weighted by atomic mass is 15.4. The van der Waals surface area contributed by atoms with Gasteiger partial charge in [-0.25, -0.2) is 0 Å². The Morgan fingerprint density at radius 3 is 2.48 bits per heavy atom. The Kier molecular flexibility index (Phi) is 2.62. The molecule has 108 valence electrons. The largest absolute Gasteiger partial charge is 0.307 e. The van der Waals surface area contributed by atoms with Crippen molar-refractivity contribution in [3.05, 3.63) is 70.8 Å². The molecule has 0 aromatic heterocycles. The zero-order valence-corrected chi connectivity index (χ0v) is 13.3. The Morgan fingerprint density at radius 2 is 1.71 bits per heavy atom. The van der Waals surface area contributed by atoms with Gasteiger partial charge in [0.05, 0.1) is 13.6 Å². The molecule has 2 aliphatic heterocycles. The van der Waals surface area contributed by atoms with Crippen molar-refractivity contribution in [2.45, 2.75) is 38.3 Å². The standard InChI is InChI=1S/C20H24N/c1-4-13-21(3)19-14-15-9-5-7-11-17(15)20(21,2)18-12-8-6-10-16(18)19/h5-12,19H,4,13-14H2,1-3H3/q+1/t19-,20+,21+/m0/s1. The highest BCUT2D eigenvalue weighted by molar-refractivity contribution is 5.51. The monoisotopic (exact) mass is 278 g/mol. The van der Waals surface area contributed by atoms with Crippen LogP contribution in [0.4, 0.5) is 0 Å². The molecule has 1 nitrogen and oxygen atoms in total. The normalized spacial score (nSPS) is 32.6. The summed E-state index contributed by atoms with van der Waals surface area (Å²) >= 11 is 0. The SMILES string of the molecule is CCC[N@+]1(C)[C@H]2Cc3ccccc3[C@]1(C)c1ccccc12. The topological polar surface area (TPSA) is 0 Å². The van der Waals surface area contributed by atoms with Crippen LogP contribution in [0.15, 0.2) is 48.5 Å². The molecule has 2 aromatic carbocycles. The minimum absolute atomic E-state index is 0.103. The summed E-state index contributed by atoms with van der Waals surface area (Å²) < 4.78 is 1.14. The van der Waals surface area contributed by atoms with Gasteiger partial charge in [-0.1, -0.05) is 55.5 Å². The summed E-state index contributed by atoms with van der Waals surface area (Å²) in [5.41, 5.74) is 6.32. The average molecular weight is 278 g/mol. The summed E-state index contributed by atoms with van der Waals surface area (Å²) in [6, 6.07) is 18.9. The van der Waals surface area contributed by atoms with Gasteiger partial charge in [-0.3, -0.25) is 0 Å². The molecule has 0 unspecified atom stereocenters. The van der Waals surface area contributed by atoms with E-state index in [2.05, 4.69) is 69.4 Å². The van der Waals surface area contributed by atoms with Crippen molar-refractivity contribution in [3.63, 3.8) is 0 Å². The Morgan fingerprint density at radius 1 is 1.05 bits per heavy atom. The van der Waals surface area contributed by atoms with E-state index in [1.165, 1.54) is 19.4 Å². The Hall–Kier alpha value is -1.60. The number of quaternary nitrogens is 1. The van der Waals surface area contributed by atoms with Gasteiger partial charge in [-0.05, 0) is 18.9 Å². The summed E-state index contributed by atoms with van der Waals surface area (Å²) in [5, 5.41) is 0. The van der Waals surface area contributed by atoms with Gasteiger partial charge >= 0.3 is 0 Å². The second-order valence-corrected chi connectivity index (χ2v) is 7.03. The van der Waals surface area contributed by atoms with Gasteiger partial charge in [0, 0.05) is 23.1 Å². The molecule has 21 heavy (non-hydrogen) atoms. The molecule has 4 rings (SSSR count). The second kappa shape index (κ2) is 4.20. The second-order valence-electron chi connectivity index (χ2n) is 7.03. The first kappa shape index (κ1) is 13.1. The fraction of sp³-hybridized carbons (Fsp3) is 0.400. The summed E-state index contributed by atoms with van der Waals surface area (Å²) in [6.45, 7) is 6.03. The van der Waals surface area contributed by atoms with Gasteiger partial charge in [0.15, 0.2) is 0 Å². The summed E-state index contributed by atoms with van der Waals surface area (Å²) in [5.74, 6) is 0. The van der Waals surface area contributed by atoms with E-state index in [1.807, 2.05) is 0 Å². The van der Waals surface area contributed by atoms with E-state index in [1.54, 1.807) is 22.3 Å².